The summed E-state index contributed by atoms with van der Waals surface area (Å²) in [5.41, 5.74) is 7.18. The van der Waals surface area contributed by atoms with Gasteiger partial charge >= 0.3 is 0 Å². The maximum atomic E-state index is 5.86. The molecule has 0 aliphatic heterocycles. The second kappa shape index (κ2) is 3.65. The number of pyridine rings is 1. The fourth-order valence-corrected chi connectivity index (χ4v) is 1.59. The van der Waals surface area contributed by atoms with Gasteiger partial charge in [-0.1, -0.05) is 0 Å². The zero-order chi connectivity index (χ0) is 10.8. The minimum absolute atomic E-state index is 0.586. The SMILES string of the molecule is COc1cc(N)c2ncccc2c1OC. The summed E-state index contributed by atoms with van der Waals surface area (Å²) in [5, 5.41) is 0.858. The molecule has 4 nitrogen and oxygen atoms in total. The number of nitrogens with two attached hydrogens (primary N) is 1. The van der Waals surface area contributed by atoms with E-state index in [1.807, 2.05) is 12.1 Å². The minimum atomic E-state index is 0.586. The van der Waals surface area contributed by atoms with Crippen molar-refractivity contribution in [2.24, 2.45) is 0 Å². The van der Waals surface area contributed by atoms with Gasteiger partial charge in [-0.05, 0) is 12.1 Å². The molecule has 0 aliphatic rings. The maximum absolute atomic E-state index is 5.86. The number of hydrogen-bond donors (Lipinski definition) is 1. The van der Waals surface area contributed by atoms with Crippen molar-refractivity contribution in [3.05, 3.63) is 24.4 Å². The first-order valence-corrected chi connectivity index (χ1v) is 4.53. The zero-order valence-electron chi connectivity index (χ0n) is 8.65. The monoisotopic (exact) mass is 204 g/mol. The molecule has 2 aromatic rings. The van der Waals surface area contributed by atoms with Crippen LogP contribution in [0.1, 0.15) is 0 Å². The molecule has 1 aromatic carbocycles. The van der Waals surface area contributed by atoms with Crippen LogP contribution in [0.15, 0.2) is 24.4 Å². The Hall–Kier alpha value is -1.97. The molecule has 0 unspecified atom stereocenters. The first kappa shape index (κ1) is 9.58. The molecule has 2 N–H and O–H groups in total. The molecule has 1 aromatic heterocycles. The Balaban J connectivity index is 2.85. The summed E-state index contributed by atoms with van der Waals surface area (Å²) in [6.45, 7) is 0. The smallest absolute Gasteiger partial charge is 0.170 e. The highest BCUT2D eigenvalue weighted by Gasteiger charge is 2.11. The topological polar surface area (TPSA) is 57.4 Å². The molecule has 0 spiro atoms. The number of fused-ring (bicyclic) bond motifs is 1. The molecule has 1 heterocycles. The third kappa shape index (κ3) is 1.44. The normalized spacial score (nSPS) is 10.3. The minimum Gasteiger partial charge on any atom is -0.493 e. The van der Waals surface area contributed by atoms with E-state index in [4.69, 9.17) is 15.2 Å². The van der Waals surface area contributed by atoms with E-state index in [9.17, 15) is 0 Å². The Bertz CT molecular complexity index is 497. The van der Waals surface area contributed by atoms with Crippen LogP contribution in [0.25, 0.3) is 10.9 Å². The summed E-state index contributed by atoms with van der Waals surface area (Å²) in [7, 11) is 3.18. The van der Waals surface area contributed by atoms with Crippen LogP contribution in [0.3, 0.4) is 0 Å². The van der Waals surface area contributed by atoms with E-state index in [-0.39, 0.29) is 0 Å². The lowest BCUT2D eigenvalue weighted by molar-refractivity contribution is 0.358. The molecular formula is C11H12N2O2. The van der Waals surface area contributed by atoms with Gasteiger partial charge in [-0.15, -0.1) is 0 Å². The third-order valence-electron chi connectivity index (χ3n) is 2.26. The standard InChI is InChI=1S/C11H12N2O2/c1-14-9-6-8(12)10-7(11(9)15-2)4-3-5-13-10/h3-6H,12H2,1-2H3. The van der Waals surface area contributed by atoms with E-state index < -0.39 is 0 Å². The van der Waals surface area contributed by atoms with Crippen LogP contribution in [0, 0.1) is 0 Å². The van der Waals surface area contributed by atoms with Gasteiger partial charge in [0.15, 0.2) is 11.5 Å². The van der Waals surface area contributed by atoms with Gasteiger partial charge in [0.05, 0.1) is 25.4 Å². The number of benzene rings is 1. The van der Waals surface area contributed by atoms with E-state index >= 15 is 0 Å². The highest BCUT2D eigenvalue weighted by molar-refractivity contribution is 5.96. The third-order valence-corrected chi connectivity index (χ3v) is 2.26. The Kier molecular flexibility index (Phi) is 2.33. The van der Waals surface area contributed by atoms with Crippen molar-refractivity contribution < 1.29 is 9.47 Å². The Labute approximate surface area is 87.6 Å². The van der Waals surface area contributed by atoms with E-state index in [0.29, 0.717) is 17.2 Å². The second-order valence-corrected chi connectivity index (χ2v) is 3.10. The summed E-state index contributed by atoms with van der Waals surface area (Å²) in [6.07, 6.45) is 1.70. The molecule has 78 valence electrons. The van der Waals surface area contributed by atoms with E-state index in [1.165, 1.54) is 0 Å². The van der Waals surface area contributed by atoms with Crippen molar-refractivity contribution >= 4 is 16.6 Å². The molecular weight excluding hydrogens is 192 g/mol. The van der Waals surface area contributed by atoms with Crippen LogP contribution >= 0.6 is 0 Å². The average molecular weight is 204 g/mol. The number of aromatic nitrogens is 1. The van der Waals surface area contributed by atoms with Crippen LogP contribution in [0.2, 0.25) is 0 Å². The summed E-state index contributed by atoms with van der Waals surface area (Å²) >= 11 is 0. The van der Waals surface area contributed by atoms with Gasteiger partial charge in [0.25, 0.3) is 0 Å². The van der Waals surface area contributed by atoms with Crippen molar-refractivity contribution in [2.45, 2.75) is 0 Å². The van der Waals surface area contributed by atoms with Crippen molar-refractivity contribution in [3.8, 4) is 11.5 Å². The number of nitrogens with zero attached hydrogens (tertiary/aromatic N) is 1. The van der Waals surface area contributed by atoms with E-state index in [2.05, 4.69) is 4.98 Å². The quantitative estimate of drug-likeness (QED) is 0.758. The van der Waals surface area contributed by atoms with E-state index in [1.54, 1.807) is 26.5 Å². The highest BCUT2D eigenvalue weighted by atomic mass is 16.5. The summed E-state index contributed by atoms with van der Waals surface area (Å²) in [6, 6.07) is 5.46. The molecule has 0 fully saturated rings. The lowest BCUT2D eigenvalue weighted by Crippen LogP contribution is -1.96. The Morgan fingerprint density at radius 2 is 2.07 bits per heavy atom. The number of methoxy groups -OCH3 is 2. The largest absolute Gasteiger partial charge is 0.493 e. The van der Waals surface area contributed by atoms with Crippen molar-refractivity contribution in [1.82, 2.24) is 4.98 Å². The molecule has 0 radical (unpaired) electrons. The van der Waals surface area contributed by atoms with Gasteiger partial charge < -0.3 is 15.2 Å². The molecule has 0 bridgehead atoms. The van der Waals surface area contributed by atoms with Crippen molar-refractivity contribution in [2.75, 3.05) is 20.0 Å². The first-order chi connectivity index (χ1) is 7.27. The van der Waals surface area contributed by atoms with Crippen LogP contribution in [0.5, 0.6) is 11.5 Å². The molecule has 0 atom stereocenters. The number of anilines is 1. The van der Waals surface area contributed by atoms with Gasteiger partial charge in [-0.3, -0.25) is 4.98 Å². The van der Waals surface area contributed by atoms with E-state index in [0.717, 1.165) is 10.9 Å². The number of rotatable bonds is 2. The molecule has 0 saturated carbocycles. The van der Waals surface area contributed by atoms with Crippen molar-refractivity contribution in [1.29, 1.82) is 0 Å². The number of hydrogen-bond acceptors (Lipinski definition) is 4. The van der Waals surface area contributed by atoms with Gasteiger partial charge in [0, 0.05) is 17.6 Å². The zero-order valence-corrected chi connectivity index (χ0v) is 8.65. The number of nitrogen functional groups attached to an aromatic ring is 1. The summed E-state index contributed by atoms with van der Waals surface area (Å²) < 4.78 is 10.5. The predicted octanol–water partition coefficient (Wildman–Crippen LogP) is 1.83. The number of ether oxygens (including phenoxy) is 2. The Morgan fingerprint density at radius 1 is 1.27 bits per heavy atom. The summed E-state index contributed by atoms with van der Waals surface area (Å²) in [4.78, 5) is 4.20. The second-order valence-electron chi connectivity index (χ2n) is 3.10. The molecule has 15 heavy (non-hydrogen) atoms. The van der Waals surface area contributed by atoms with Gasteiger partial charge in [-0.25, -0.2) is 0 Å². The maximum Gasteiger partial charge on any atom is 0.170 e. The highest BCUT2D eigenvalue weighted by Crippen LogP contribution is 2.37. The molecule has 0 aliphatic carbocycles. The molecule has 0 saturated heterocycles. The first-order valence-electron chi connectivity index (χ1n) is 4.53. The van der Waals surface area contributed by atoms with Crippen LogP contribution in [0.4, 0.5) is 5.69 Å². The molecule has 4 heteroatoms. The van der Waals surface area contributed by atoms with Crippen LogP contribution in [-0.4, -0.2) is 19.2 Å². The fourth-order valence-electron chi connectivity index (χ4n) is 1.59. The van der Waals surface area contributed by atoms with Gasteiger partial charge in [-0.2, -0.15) is 0 Å². The summed E-state index contributed by atoms with van der Waals surface area (Å²) in [5.74, 6) is 1.28. The molecule has 0 amide bonds. The average Bonchev–Trinajstić information content (AvgIpc) is 2.29. The molecule has 2 rings (SSSR count). The van der Waals surface area contributed by atoms with Gasteiger partial charge in [0.2, 0.25) is 0 Å². The van der Waals surface area contributed by atoms with Gasteiger partial charge in [0.1, 0.15) is 0 Å². The van der Waals surface area contributed by atoms with Crippen LogP contribution < -0.4 is 15.2 Å². The van der Waals surface area contributed by atoms with Crippen molar-refractivity contribution in [3.63, 3.8) is 0 Å². The lowest BCUT2D eigenvalue weighted by Gasteiger charge is -2.11. The predicted molar refractivity (Wildman–Crippen MR) is 59.3 cm³/mol. The Morgan fingerprint density at radius 3 is 2.73 bits per heavy atom. The lowest BCUT2D eigenvalue weighted by atomic mass is 10.1. The fraction of sp³-hybridized carbons (Fsp3) is 0.182. The van der Waals surface area contributed by atoms with Crippen LogP contribution in [-0.2, 0) is 0 Å².